The van der Waals surface area contributed by atoms with Gasteiger partial charge in [-0.1, -0.05) is 242 Å². The highest BCUT2D eigenvalue weighted by molar-refractivity contribution is 7.47. The van der Waals surface area contributed by atoms with Crippen molar-refractivity contribution < 1.29 is 80.2 Å². The van der Waals surface area contributed by atoms with Crippen LogP contribution < -0.4 is 0 Å². The van der Waals surface area contributed by atoms with Gasteiger partial charge in [-0.3, -0.25) is 37.3 Å². The van der Waals surface area contributed by atoms with Crippen molar-refractivity contribution in [3.8, 4) is 0 Å². The maximum atomic E-state index is 12.9. The van der Waals surface area contributed by atoms with Crippen molar-refractivity contribution in [2.45, 2.75) is 311 Å². The van der Waals surface area contributed by atoms with Crippen LogP contribution in [-0.2, 0) is 65.4 Å². The lowest BCUT2D eigenvalue weighted by molar-refractivity contribution is -0.161. The first-order chi connectivity index (χ1) is 38.6. The molecule has 0 saturated heterocycles. The molecule has 17 nitrogen and oxygen atoms in total. The SMILES string of the molecule is CC(C)CCCCCCCCCCCC(=O)O[C@H](COC(=O)CCCCCCCCC(C)C)COP(=O)(O)OC[C@@H](O)COP(=O)(O)OC[C@@H](COC(=O)CCCCCCCCC(C)C)OC(=O)CCCCCCCCCCC(C)C. The molecule has 0 heterocycles. The molecule has 0 aliphatic rings. The molecule has 0 bridgehead atoms. The number of carbonyl (C=O) groups is 4. The van der Waals surface area contributed by atoms with Crippen molar-refractivity contribution in [2.75, 3.05) is 39.6 Å². The molecule has 0 rings (SSSR count). The van der Waals surface area contributed by atoms with Gasteiger partial charge in [-0.05, 0) is 49.4 Å². The zero-order valence-corrected chi connectivity index (χ0v) is 54.2. The summed E-state index contributed by atoms with van der Waals surface area (Å²) in [4.78, 5) is 72.0. The molecule has 0 amide bonds. The molecule has 5 atom stereocenters. The number of esters is 4. The largest absolute Gasteiger partial charge is 0.472 e. The third-order valence-electron chi connectivity index (χ3n) is 14.1. The Morgan fingerprint density at radius 3 is 0.765 bits per heavy atom. The number of hydrogen-bond donors (Lipinski definition) is 3. The topological polar surface area (TPSA) is 237 Å². The molecule has 0 aliphatic carbocycles. The van der Waals surface area contributed by atoms with Crippen LogP contribution in [0.15, 0.2) is 0 Å². The molecule has 81 heavy (non-hydrogen) atoms. The Kier molecular flexibility index (Phi) is 51.1. The van der Waals surface area contributed by atoms with Crippen LogP contribution in [0.25, 0.3) is 0 Å². The molecule has 0 aromatic carbocycles. The molecule has 0 radical (unpaired) electrons. The van der Waals surface area contributed by atoms with Gasteiger partial charge in [-0.25, -0.2) is 9.13 Å². The minimum absolute atomic E-state index is 0.102. The van der Waals surface area contributed by atoms with Crippen LogP contribution >= 0.6 is 15.6 Å². The molecular weight excluding hydrogens is 1080 g/mol. The van der Waals surface area contributed by atoms with E-state index in [0.29, 0.717) is 37.5 Å². The average Bonchev–Trinajstić information content (AvgIpc) is 3.40. The Hall–Kier alpha value is -1.94. The summed E-state index contributed by atoms with van der Waals surface area (Å²) < 4.78 is 67.8. The lowest BCUT2D eigenvalue weighted by Crippen LogP contribution is -2.30. The highest BCUT2D eigenvalue weighted by atomic mass is 31.2. The average molecular weight is 1200 g/mol. The molecule has 0 fully saturated rings. The molecule has 0 aromatic rings. The van der Waals surface area contributed by atoms with E-state index < -0.39 is 97.5 Å². The van der Waals surface area contributed by atoms with Gasteiger partial charge in [0, 0.05) is 25.7 Å². The Morgan fingerprint density at radius 2 is 0.519 bits per heavy atom. The van der Waals surface area contributed by atoms with Crippen LogP contribution in [0.5, 0.6) is 0 Å². The molecule has 480 valence electrons. The molecule has 19 heteroatoms. The van der Waals surface area contributed by atoms with E-state index in [4.69, 9.17) is 37.0 Å². The van der Waals surface area contributed by atoms with E-state index in [-0.39, 0.29) is 25.7 Å². The first-order valence-corrected chi connectivity index (χ1v) is 35.2. The first kappa shape index (κ1) is 79.1. The Labute approximate surface area is 492 Å². The van der Waals surface area contributed by atoms with E-state index >= 15 is 0 Å². The van der Waals surface area contributed by atoms with Gasteiger partial charge in [0.25, 0.3) is 0 Å². The lowest BCUT2D eigenvalue weighted by Gasteiger charge is -2.21. The fourth-order valence-electron chi connectivity index (χ4n) is 9.08. The molecule has 0 spiro atoms. The number of hydrogen-bond acceptors (Lipinski definition) is 15. The van der Waals surface area contributed by atoms with Gasteiger partial charge in [-0.2, -0.15) is 0 Å². The number of aliphatic hydroxyl groups excluding tert-OH is 1. The summed E-state index contributed by atoms with van der Waals surface area (Å²) in [7, 11) is -9.88. The number of ether oxygens (including phenoxy) is 4. The maximum absolute atomic E-state index is 12.9. The highest BCUT2D eigenvalue weighted by Gasteiger charge is 2.30. The minimum Gasteiger partial charge on any atom is -0.462 e. The van der Waals surface area contributed by atoms with Crippen molar-refractivity contribution >= 4 is 39.5 Å². The Balaban J connectivity index is 5.25. The molecule has 2 unspecified atom stereocenters. The van der Waals surface area contributed by atoms with Gasteiger partial charge in [0.2, 0.25) is 0 Å². The summed E-state index contributed by atoms with van der Waals surface area (Å²) in [6, 6.07) is 0. The van der Waals surface area contributed by atoms with Gasteiger partial charge >= 0.3 is 39.5 Å². The first-order valence-electron chi connectivity index (χ1n) is 32.2. The lowest BCUT2D eigenvalue weighted by atomic mass is 10.0. The van der Waals surface area contributed by atoms with Gasteiger partial charge in [-0.15, -0.1) is 0 Å². The molecule has 0 saturated carbocycles. The van der Waals surface area contributed by atoms with Gasteiger partial charge in [0.15, 0.2) is 12.2 Å². The zero-order chi connectivity index (χ0) is 60.4. The van der Waals surface area contributed by atoms with E-state index in [1.165, 1.54) is 83.5 Å². The molecule has 3 N–H and O–H groups in total. The van der Waals surface area contributed by atoms with Crippen LogP contribution in [0.1, 0.15) is 293 Å². The molecule has 0 aromatic heterocycles. The van der Waals surface area contributed by atoms with E-state index in [1.54, 1.807) is 0 Å². The van der Waals surface area contributed by atoms with Crippen molar-refractivity contribution in [3.63, 3.8) is 0 Å². The van der Waals surface area contributed by atoms with Crippen LogP contribution in [-0.4, -0.2) is 96.7 Å². The third-order valence-corrected chi connectivity index (χ3v) is 16.0. The number of carbonyl (C=O) groups excluding carboxylic acids is 4. The number of unbranched alkanes of at least 4 members (excludes halogenated alkanes) is 25. The zero-order valence-electron chi connectivity index (χ0n) is 52.4. The quantitative estimate of drug-likeness (QED) is 0.0222. The fourth-order valence-corrected chi connectivity index (χ4v) is 10.7. The summed E-state index contributed by atoms with van der Waals surface area (Å²) in [6.07, 6.45) is 31.1. The number of phosphoric ester groups is 2. The van der Waals surface area contributed by atoms with Gasteiger partial charge in [0.1, 0.15) is 19.3 Å². The van der Waals surface area contributed by atoms with E-state index in [2.05, 4.69) is 55.4 Å². The predicted molar refractivity (Wildman–Crippen MR) is 321 cm³/mol. The highest BCUT2D eigenvalue weighted by Crippen LogP contribution is 2.45. The Morgan fingerprint density at radius 1 is 0.309 bits per heavy atom. The second-order valence-electron chi connectivity index (χ2n) is 24.3. The van der Waals surface area contributed by atoms with E-state index in [0.717, 1.165) is 115 Å². The van der Waals surface area contributed by atoms with Crippen LogP contribution in [0.4, 0.5) is 0 Å². The van der Waals surface area contributed by atoms with Gasteiger partial charge in [0.05, 0.1) is 26.4 Å². The summed E-state index contributed by atoms with van der Waals surface area (Å²) in [5.41, 5.74) is 0. The van der Waals surface area contributed by atoms with E-state index in [1.807, 2.05) is 0 Å². The Bertz CT molecular complexity index is 1630. The second-order valence-corrected chi connectivity index (χ2v) is 27.3. The van der Waals surface area contributed by atoms with Crippen molar-refractivity contribution in [1.82, 2.24) is 0 Å². The molecule has 0 aliphatic heterocycles. The van der Waals surface area contributed by atoms with Gasteiger partial charge < -0.3 is 33.8 Å². The second kappa shape index (κ2) is 52.4. The number of aliphatic hydroxyl groups is 1. The summed E-state index contributed by atoms with van der Waals surface area (Å²) >= 11 is 0. The summed E-state index contributed by atoms with van der Waals surface area (Å²) in [6.45, 7) is 13.8. The predicted octanol–water partition coefficient (Wildman–Crippen LogP) is 16.6. The van der Waals surface area contributed by atoms with Crippen molar-refractivity contribution in [2.24, 2.45) is 23.7 Å². The monoisotopic (exact) mass is 1200 g/mol. The standard InChI is InChI=1S/C62H120O17P2/c1-52(2)38-30-22-14-10-9-11-16-28-36-44-61(66)78-57(48-72-59(64)42-34-26-20-18-24-32-40-54(5)6)50-76-80(68,69)74-46-56(63)47-75-81(70,71)77-51-58(49-73-60(65)43-35-27-21-19-25-33-41-55(7)8)79-62(67)45-37-29-17-13-12-15-23-31-39-53(3)4/h52-58,63H,9-51H2,1-8H3,(H,68,69)(H,70,71)/t56-,57-,58-/m1/s1. The minimum atomic E-state index is -4.94. The smallest absolute Gasteiger partial charge is 0.462 e. The van der Waals surface area contributed by atoms with Crippen molar-refractivity contribution in [1.29, 1.82) is 0 Å². The maximum Gasteiger partial charge on any atom is 0.472 e. The third kappa shape index (κ3) is 56.9. The normalized spacial score (nSPS) is 14.5. The van der Waals surface area contributed by atoms with Crippen LogP contribution in [0.2, 0.25) is 0 Å². The van der Waals surface area contributed by atoms with Crippen LogP contribution in [0.3, 0.4) is 0 Å². The summed E-state index contributed by atoms with van der Waals surface area (Å²) in [5, 5.41) is 10.5. The van der Waals surface area contributed by atoms with Crippen molar-refractivity contribution in [3.05, 3.63) is 0 Å². The molecular formula is C62H120O17P2. The number of phosphoric acid groups is 2. The van der Waals surface area contributed by atoms with E-state index in [9.17, 15) is 43.2 Å². The number of rotatable bonds is 59. The van der Waals surface area contributed by atoms with Crippen LogP contribution in [0, 0.1) is 23.7 Å². The fraction of sp³-hybridized carbons (Fsp3) is 0.935. The summed E-state index contributed by atoms with van der Waals surface area (Å²) in [5.74, 6) is 0.667.